The summed E-state index contributed by atoms with van der Waals surface area (Å²) in [5.74, 6) is 0.920. The molecule has 0 heterocycles. The Morgan fingerprint density at radius 3 is 2.71 bits per heavy atom. The van der Waals surface area contributed by atoms with Crippen molar-refractivity contribution in [1.29, 1.82) is 0 Å². The molecule has 1 aliphatic rings. The van der Waals surface area contributed by atoms with Crippen LogP contribution in [-0.2, 0) is 0 Å². The van der Waals surface area contributed by atoms with Crippen LogP contribution in [0.1, 0.15) is 32.1 Å². The van der Waals surface area contributed by atoms with Gasteiger partial charge in [0.15, 0.2) is 0 Å². The first-order valence-electron chi connectivity index (χ1n) is 6.58. The van der Waals surface area contributed by atoms with Crippen LogP contribution in [0.25, 0.3) is 0 Å². The van der Waals surface area contributed by atoms with Gasteiger partial charge in [-0.2, -0.15) is 0 Å². The molecule has 17 heavy (non-hydrogen) atoms. The quantitative estimate of drug-likeness (QED) is 0.823. The molecule has 3 nitrogen and oxygen atoms in total. The molecule has 0 atom stereocenters. The van der Waals surface area contributed by atoms with Crippen LogP contribution in [0.4, 0.5) is 5.69 Å². The van der Waals surface area contributed by atoms with E-state index in [0.29, 0.717) is 19.2 Å². The third-order valence-electron chi connectivity index (χ3n) is 3.23. The van der Waals surface area contributed by atoms with Gasteiger partial charge in [-0.3, -0.25) is 0 Å². The third-order valence-corrected chi connectivity index (χ3v) is 3.23. The van der Waals surface area contributed by atoms with Crippen LogP contribution in [0.15, 0.2) is 24.3 Å². The van der Waals surface area contributed by atoms with Crippen molar-refractivity contribution in [2.24, 2.45) is 5.73 Å². The number of rotatable bonds is 5. The van der Waals surface area contributed by atoms with Gasteiger partial charge in [-0.15, -0.1) is 0 Å². The molecule has 1 saturated carbocycles. The number of hydrogen-bond donors (Lipinski definition) is 2. The lowest BCUT2D eigenvalue weighted by molar-refractivity contribution is 0.329. The fourth-order valence-electron chi connectivity index (χ4n) is 2.35. The minimum atomic E-state index is 0.553. The van der Waals surface area contributed by atoms with Crippen molar-refractivity contribution in [1.82, 2.24) is 0 Å². The van der Waals surface area contributed by atoms with Gasteiger partial charge in [0.1, 0.15) is 12.4 Å². The standard InChI is InChI=1S/C14H22N2O/c15-10-11-17-14-9-5-4-8-13(14)16-12-6-2-1-3-7-12/h4-5,8-9,12,16H,1-3,6-7,10-11,15H2. The summed E-state index contributed by atoms with van der Waals surface area (Å²) in [5, 5.41) is 3.59. The highest BCUT2D eigenvalue weighted by atomic mass is 16.5. The fourth-order valence-corrected chi connectivity index (χ4v) is 2.35. The number of hydrogen-bond acceptors (Lipinski definition) is 3. The highest BCUT2D eigenvalue weighted by Gasteiger charge is 2.14. The number of para-hydroxylation sites is 2. The lowest BCUT2D eigenvalue weighted by atomic mass is 9.95. The van der Waals surface area contributed by atoms with Gasteiger partial charge < -0.3 is 15.8 Å². The molecule has 1 aliphatic carbocycles. The minimum absolute atomic E-state index is 0.553. The van der Waals surface area contributed by atoms with Crippen LogP contribution < -0.4 is 15.8 Å². The van der Waals surface area contributed by atoms with Gasteiger partial charge in [-0.25, -0.2) is 0 Å². The zero-order chi connectivity index (χ0) is 11.9. The molecule has 2 rings (SSSR count). The predicted molar refractivity (Wildman–Crippen MR) is 71.5 cm³/mol. The number of ether oxygens (including phenoxy) is 1. The van der Waals surface area contributed by atoms with E-state index in [1.165, 1.54) is 32.1 Å². The van der Waals surface area contributed by atoms with Crippen LogP contribution in [-0.4, -0.2) is 19.2 Å². The number of nitrogens with one attached hydrogen (secondary N) is 1. The van der Waals surface area contributed by atoms with E-state index in [9.17, 15) is 0 Å². The first-order chi connectivity index (χ1) is 8.40. The maximum atomic E-state index is 5.64. The Morgan fingerprint density at radius 2 is 1.94 bits per heavy atom. The van der Waals surface area contributed by atoms with Crippen LogP contribution >= 0.6 is 0 Å². The second kappa shape index (κ2) is 6.50. The van der Waals surface area contributed by atoms with Crippen molar-refractivity contribution < 1.29 is 4.74 Å². The lowest BCUT2D eigenvalue weighted by Crippen LogP contribution is -2.22. The molecule has 1 fully saturated rings. The van der Waals surface area contributed by atoms with Gasteiger partial charge in [-0.1, -0.05) is 31.4 Å². The Kier molecular flexibility index (Phi) is 4.68. The highest BCUT2D eigenvalue weighted by Crippen LogP contribution is 2.28. The summed E-state index contributed by atoms with van der Waals surface area (Å²) in [6, 6.07) is 8.73. The minimum Gasteiger partial charge on any atom is -0.490 e. The van der Waals surface area contributed by atoms with Crippen molar-refractivity contribution in [3.8, 4) is 5.75 Å². The summed E-state index contributed by atoms with van der Waals surface area (Å²) in [4.78, 5) is 0. The van der Waals surface area contributed by atoms with Gasteiger partial charge in [0, 0.05) is 12.6 Å². The Bertz CT molecular complexity index is 335. The molecular formula is C14H22N2O. The van der Waals surface area contributed by atoms with E-state index in [2.05, 4.69) is 11.4 Å². The SMILES string of the molecule is NCCOc1ccccc1NC1CCCCC1. The molecule has 0 bridgehead atoms. The monoisotopic (exact) mass is 234 g/mol. The molecule has 0 amide bonds. The summed E-state index contributed by atoms with van der Waals surface area (Å²) >= 11 is 0. The van der Waals surface area contributed by atoms with E-state index in [1.54, 1.807) is 0 Å². The van der Waals surface area contributed by atoms with E-state index >= 15 is 0 Å². The van der Waals surface area contributed by atoms with Crippen molar-refractivity contribution in [2.45, 2.75) is 38.1 Å². The van der Waals surface area contributed by atoms with E-state index in [-0.39, 0.29) is 0 Å². The maximum Gasteiger partial charge on any atom is 0.142 e. The second-order valence-electron chi connectivity index (χ2n) is 4.61. The normalized spacial score (nSPS) is 16.8. The van der Waals surface area contributed by atoms with Gasteiger partial charge in [0.05, 0.1) is 5.69 Å². The van der Waals surface area contributed by atoms with Gasteiger partial charge in [0.2, 0.25) is 0 Å². The average Bonchev–Trinajstić information content (AvgIpc) is 2.39. The molecule has 0 saturated heterocycles. The smallest absolute Gasteiger partial charge is 0.142 e. The topological polar surface area (TPSA) is 47.3 Å². The molecule has 1 aromatic carbocycles. The molecule has 1 aromatic rings. The van der Waals surface area contributed by atoms with E-state index < -0.39 is 0 Å². The molecule has 0 radical (unpaired) electrons. The predicted octanol–water partition coefficient (Wildman–Crippen LogP) is 2.77. The fraction of sp³-hybridized carbons (Fsp3) is 0.571. The highest BCUT2D eigenvalue weighted by molar-refractivity contribution is 5.56. The summed E-state index contributed by atoms with van der Waals surface area (Å²) in [6.45, 7) is 1.13. The van der Waals surface area contributed by atoms with Crippen LogP contribution in [0.5, 0.6) is 5.75 Å². The molecule has 3 heteroatoms. The average molecular weight is 234 g/mol. The van der Waals surface area contributed by atoms with Gasteiger partial charge in [0.25, 0.3) is 0 Å². The Labute approximate surface area is 103 Å². The molecule has 0 aromatic heterocycles. The van der Waals surface area contributed by atoms with Crippen molar-refractivity contribution in [3.63, 3.8) is 0 Å². The van der Waals surface area contributed by atoms with E-state index in [1.807, 2.05) is 18.2 Å². The zero-order valence-electron chi connectivity index (χ0n) is 10.3. The van der Waals surface area contributed by atoms with Crippen molar-refractivity contribution >= 4 is 5.69 Å². The second-order valence-corrected chi connectivity index (χ2v) is 4.61. The van der Waals surface area contributed by atoms with E-state index in [0.717, 1.165) is 11.4 Å². The summed E-state index contributed by atoms with van der Waals surface area (Å²) in [6.07, 6.45) is 6.59. The molecule has 0 aliphatic heterocycles. The van der Waals surface area contributed by atoms with Crippen LogP contribution in [0.3, 0.4) is 0 Å². The van der Waals surface area contributed by atoms with Crippen LogP contribution in [0, 0.1) is 0 Å². The molecule has 0 unspecified atom stereocenters. The Morgan fingerprint density at radius 1 is 1.18 bits per heavy atom. The van der Waals surface area contributed by atoms with Gasteiger partial charge in [-0.05, 0) is 25.0 Å². The van der Waals surface area contributed by atoms with E-state index in [4.69, 9.17) is 10.5 Å². The third kappa shape index (κ3) is 3.63. The molecule has 94 valence electrons. The van der Waals surface area contributed by atoms with Crippen LogP contribution in [0.2, 0.25) is 0 Å². The number of anilines is 1. The Hall–Kier alpha value is -1.22. The van der Waals surface area contributed by atoms with Gasteiger partial charge >= 0.3 is 0 Å². The maximum absolute atomic E-state index is 5.64. The summed E-state index contributed by atoms with van der Waals surface area (Å²) in [5.41, 5.74) is 6.57. The number of nitrogens with two attached hydrogens (primary N) is 1. The molecular weight excluding hydrogens is 212 g/mol. The largest absolute Gasteiger partial charge is 0.490 e. The number of benzene rings is 1. The lowest BCUT2D eigenvalue weighted by Gasteiger charge is -2.25. The molecule has 0 spiro atoms. The zero-order valence-corrected chi connectivity index (χ0v) is 10.3. The Balaban J connectivity index is 1.98. The summed E-state index contributed by atoms with van der Waals surface area (Å²) < 4.78 is 5.64. The first-order valence-corrected chi connectivity index (χ1v) is 6.58. The first kappa shape index (κ1) is 12.2. The van der Waals surface area contributed by atoms with Crippen molar-refractivity contribution in [2.75, 3.05) is 18.5 Å². The van der Waals surface area contributed by atoms with Crippen molar-refractivity contribution in [3.05, 3.63) is 24.3 Å². The summed E-state index contributed by atoms with van der Waals surface area (Å²) in [7, 11) is 0. The molecule has 3 N–H and O–H groups in total.